The smallest absolute Gasteiger partial charge is 0.220 e. The number of benzene rings is 1. The Morgan fingerprint density at radius 1 is 1.22 bits per heavy atom. The average Bonchev–Trinajstić information content (AvgIpc) is 2.41. The van der Waals surface area contributed by atoms with Gasteiger partial charge in [0.15, 0.2) is 5.69 Å². The van der Waals surface area contributed by atoms with E-state index in [2.05, 4.69) is 4.98 Å². The van der Waals surface area contributed by atoms with Crippen molar-refractivity contribution in [2.24, 2.45) is 0 Å². The zero-order valence-corrected chi connectivity index (χ0v) is 9.75. The molecule has 0 aliphatic rings. The van der Waals surface area contributed by atoms with Crippen molar-refractivity contribution in [1.29, 1.82) is 5.26 Å². The van der Waals surface area contributed by atoms with Crippen LogP contribution in [0.2, 0.25) is 0 Å². The molecule has 1 heterocycles. The first kappa shape index (κ1) is 11.7. The highest BCUT2D eigenvalue weighted by molar-refractivity contribution is 5.51. The topological polar surface area (TPSA) is 81.2 Å². The van der Waals surface area contributed by atoms with Crippen LogP contribution in [0.3, 0.4) is 0 Å². The zero-order valence-electron chi connectivity index (χ0n) is 9.75. The highest BCUT2D eigenvalue weighted by atomic mass is 16.5. The van der Waals surface area contributed by atoms with Crippen LogP contribution in [0, 0.1) is 11.3 Å². The summed E-state index contributed by atoms with van der Waals surface area (Å²) >= 11 is 0. The van der Waals surface area contributed by atoms with Gasteiger partial charge in [0.25, 0.3) is 0 Å². The maximum atomic E-state index is 8.82. The normalized spacial score (nSPS) is 9.56. The Balaban J connectivity index is 2.26. The minimum absolute atomic E-state index is 0.149. The number of nitriles is 1. The molecule has 2 N–H and O–H groups in total. The van der Waals surface area contributed by atoms with Crippen molar-refractivity contribution >= 4 is 5.69 Å². The summed E-state index contributed by atoms with van der Waals surface area (Å²) in [6.45, 7) is 0. The molecule has 0 amide bonds. The van der Waals surface area contributed by atoms with Crippen LogP contribution in [0.4, 0.5) is 5.69 Å². The maximum Gasteiger partial charge on any atom is 0.220 e. The Bertz CT molecular complexity index is 605. The van der Waals surface area contributed by atoms with Gasteiger partial charge in [-0.15, -0.1) is 0 Å². The molecule has 2 aromatic rings. The lowest BCUT2D eigenvalue weighted by Crippen LogP contribution is -1.96. The summed E-state index contributed by atoms with van der Waals surface area (Å²) in [5, 5.41) is 8.82. The predicted octanol–water partition coefficient (Wildman–Crippen LogP) is 2.34. The van der Waals surface area contributed by atoms with Crippen molar-refractivity contribution < 1.29 is 9.47 Å². The van der Waals surface area contributed by atoms with Crippen LogP contribution in [0.5, 0.6) is 17.4 Å². The first-order valence-corrected chi connectivity index (χ1v) is 5.21. The molecule has 0 unspecified atom stereocenters. The van der Waals surface area contributed by atoms with Crippen molar-refractivity contribution in [3.05, 3.63) is 42.1 Å². The second kappa shape index (κ2) is 5.06. The molecule has 90 valence electrons. The standard InChI is InChI=1S/C13H11N3O2/c1-17-9-3-2-4-10(7-9)18-13-6-5-11(15)12(8-14)16-13/h2-7H,15H2,1H3. The highest BCUT2D eigenvalue weighted by Gasteiger charge is 2.04. The molecule has 0 radical (unpaired) electrons. The second-order valence-electron chi connectivity index (χ2n) is 3.48. The number of anilines is 1. The molecule has 0 aliphatic heterocycles. The number of pyridine rings is 1. The van der Waals surface area contributed by atoms with Gasteiger partial charge in [0.2, 0.25) is 5.88 Å². The molecule has 5 heteroatoms. The molecule has 0 bridgehead atoms. The van der Waals surface area contributed by atoms with Crippen molar-refractivity contribution in [3.8, 4) is 23.4 Å². The number of aromatic nitrogens is 1. The molecule has 0 spiro atoms. The van der Waals surface area contributed by atoms with Gasteiger partial charge in [-0.1, -0.05) is 6.07 Å². The maximum absolute atomic E-state index is 8.82. The largest absolute Gasteiger partial charge is 0.497 e. The summed E-state index contributed by atoms with van der Waals surface area (Å²) < 4.78 is 10.6. The lowest BCUT2D eigenvalue weighted by Gasteiger charge is -2.07. The molecule has 0 saturated carbocycles. The molecule has 0 aliphatic carbocycles. The molecule has 1 aromatic carbocycles. The third-order valence-electron chi connectivity index (χ3n) is 2.27. The molecule has 5 nitrogen and oxygen atoms in total. The predicted molar refractivity (Wildman–Crippen MR) is 66.4 cm³/mol. The van der Waals surface area contributed by atoms with Gasteiger partial charge in [-0.2, -0.15) is 5.26 Å². The van der Waals surface area contributed by atoms with Crippen molar-refractivity contribution in [1.82, 2.24) is 4.98 Å². The van der Waals surface area contributed by atoms with Crippen molar-refractivity contribution in [2.75, 3.05) is 12.8 Å². The number of methoxy groups -OCH3 is 1. The van der Waals surface area contributed by atoms with Gasteiger partial charge in [0, 0.05) is 12.1 Å². The first-order valence-electron chi connectivity index (χ1n) is 5.21. The van der Waals surface area contributed by atoms with Gasteiger partial charge < -0.3 is 15.2 Å². The van der Waals surface area contributed by atoms with E-state index in [0.717, 1.165) is 0 Å². The van der Waals surface area contributed by atoms with E-state index < -0.39 is 0 Å². The summed E-state index contributed by atoms with van der Waals surface area (Å²) in [6.07, 6.45) is 0. The summed E-state index contributed by atoms with van der Waals surface area (Å²) in [6, 6.07) is 12.2. The van der Waals surface area contributed by atoms with Gasteiger partial charge in [0.1, 0.15) is 17.6 Å². The number of rotatable bonds is 3. The van der Waals surface area contributed by atoms with E-state index in [1.54, 1.807) is 37.4 Å². The van der Waals surface area contributed by atoms with E-state index >= 15 is 0 Å². The SMILES string of the molecule is COc1cccc(Oc2ccc(N)c(C#N)n2)c1. The number of nitrogens with two attached hydrogens (primary N) is 1. The Hall–Kier alpha value is -2.74. The minimum Gasteiger partial charge on any atom is -0.497 e. The van der Waals surface area contributed by atoms with E-state index in [-0.39, 0.29) is 5.69 Å². The number of nitrogen functional groups attached to an aromatic ring is 1. The second-order valence-corrected chi connectivity index (χ2v) is 3.48. The van der Waals surface area contributed by atoms with Crippen LogP contribution in [-0.2, 0) is 0 Å². The molecule has 1 aromatic heterocycles. The van der Waals surface area contributed by atoms with Gasteiger partial charge in [-0.05, 0) is 18.2 Å². The van der Waals surface area contributed by atoms with Gasteiger partial charge in [-0.25, -0.2) is 4.98 Å². The fourth-order valence-electron chi connectivity index (χ4n) is 1.38. The van der Waals surface area contributed by atoms with Gasteiger partial charge in [-0.3, -0.25) is 0 Å². The Morgan fingerprint density at radius 2 is 2.00 bits per heavy atom. The monoisotopic (exact) mass is 241 g/mol. The fraction of sp³-hybridized carbons (Fsp3) is 0.0769. The summed E-state index contributed by atoms with van der Waals surface area (Å²) in [5.41, 5.74) is 6.06. The van der Waals surface area contributed by atoms with Crippen LogP contribution >= 0.6 is 0 Å². The summed E-state index contributed by atoms with van der Waals surface area (Å²) in [7, 11) is 1.58. The van der Waals surface area contributed by atoms with E-state index in [4.69, 9.17) is 20.5 Å². The molecular weight excluding hydrogens is 230 g/mol. The molecule has 0 saturated heterocycles. The van der Waals surface area contributed by atoms with E-state index in [0.29, 0.717) is 23.1 Å². The van der Waals surface area contributed by atoms with Crippen LogP contribution in [0.1, 0.15) is 5.69 Å². The Kier molecular flexibility index (Phi) is 3.30. The van der Waals surface area contributed by atoms with E-state index in [1.165, 1.54) is 0 Å². The quantitative estimate of drug-likeness (QED) is 0.891. The van der Waals surface area contributed by atoms with Crippen LogP contribution in [0.15, 0.2) is 36.4 Å². The molecule has 2 rings (SSSR count). The Morgan fingerprint density at radius 3 is 2.72 bits per heavy atom. The number of hydrogen-bond donors (Lipinski definition) is 1. The first-order chi connectivity index (χ1) is 8.72. The Labute approximate surface area is 104 Å². The molecule has 0 atom stereocenters. The van der Waals surface area contributed by atoms with Gasteiger partial charge >= 0.3 is 0 Å². The van der Waals surface area contributed by atoms with E-state index in [9.17, 15) is 0 Å². The average molecular weight is 241 g/mol. The van der Waals surface area contributed by atoms with Crippen molar-refractivity contribution in [2.45, 2.75) is 0 Å². The fourth-order valence-corrected chi connectivity index (χ4v) is 1.38. The van der Waals surface area contributed by atoms with Crippen LogP contribution in [-0.4, -0.2) is 12.1 Å². The lowest BCUT2D eigenvalue weighted by atomic mass is 10.3. The summed E-state index contributed by atoms with van der Waals surface area (Å²) in [5.74, 6) is 1.58. The molecular formula is C13H11N3O2. The number of ether oxygens (including phenoxy) is 2. The number of nitrogens with zero attached hydrogens (tertiary/aromatic N) is 2. The van der Waals surface area contributed by atoms with Crippen LogP contribution < -0.4 is 15.2 Å². The highest BCUT2D eigenvalue weighted by Crippen LogP contribution is 2.24. The summed E-state index contributed by atoms with van der Waals surface area (Å²) in [4.78, 5) is 3.99. The molecule has 0 fully saturated rings. The van der Waals surface area contributed by atoms with Crippen molar-refractivity contribution in [3.63, 3.8) is 0 Å². The zero-order chi connectivity index (χ0) is 13.0. The number of hydrogen-bond acceptors (Lipinski definition) is 5. The van der Waals surface area contributed by atoms with Crippen LogP contribution in [0.25, 0.3) is 0 Å². The lowest BCUT2D eigenvalue weighted by molar-refractivity contribution is 0.407. The minimum atomic E-state index is 0.149. The van der Waals surface area contributed by atoms with E-state index in [1.807, 2.05) is 12.1 Å². The third-order valence-corrected chi connectivity index (χ3v) is 2.27. The third kappa shape index (κ3) is 2.50. The van der Waals surface area contributed by atoms with Gasteiger partial charge in [0.05, 0.1) is 12.8 Å². The molecule has 18 heavy (non-hydrogen) atoms.